The quantitative estimate of drug-likeness (QED) is 0.760. The zero-order chi connectivity index (χ0) is 15.1. The predicted octanol–water partition coefficient (Wildman–Crippen LogP) is 2.92. The molecule has 1 heterocycles. The summed E-state index contributed by atoms with van der Waals surface area (Å²) in [5.74, 6) is 0. The fourth-order valence-corrected chi connectivity index (χ4v) is 3.60. The Kier molecular flexibility index (Phi) is 6.20. The Morgan fingerprint density at radius 3 is 2.62 bits per heavy atom. The molecule has 1 aromatic heterocycles. The first kappa shape index (κ1) is 16.0. The molecule has 21 heavy (non-hydrogen) atoms. The summed E-state index contributed by atoms with van der Waals surface area (Å²) in [6, 6.07) is 10.5. The minimum absolute atomic E-state index is 0.461. The molecule has 1 aromatic carbocycles. The highest BCUT2D eigenvalue weighted by Gasteiger charge is 2.22. The molecule has 0 amide bonds. The Hall–Kier alpha value is -1.40. The van der Waals surface area contributed by atoms with E-state index in [4.69, 9.17) is 0 Å². The summed E-state index contributed by atoms with van der Waals surface area (Å²) in [6.45, 7) is 4.43. The lowest BCUT2D eigenvalue weighted by atomic mass is 10.1. The molecule has 2 atom stereocenters. The van der Waals surface area contributed by atoms with Crippen molar-refractivity contribution >= 4 is 11.8 Å². The SMILES string of the molecule is CCCC(NC)C(CC)Sc1nnnn1-c1ccccc1. The number of hydrogen-bond donors (Lipinski definition) is 1. The van der Waals surface area contributed by atoms with E-state index >= 15 is 0 Å². The van der Waals surface area contributed by atoms with Gasteiger partial charge in [-0.2, -0.15) is 4.68 Å². The molecule has 0 aliphatic rings. The van der Waals surface area contributed by atoms with Crippen LogP contribution in [0.1, 0.15) is 33.1 Å². The third-order valence-corrected chi connectivity index (χ3v) is 4.95. The molecule has 2 rings (SSSR count). The lowest BCUT2D eigenvalue weighted by Gasteiger charge is -2.24. The average Bonchev–Trinajstić information content (AvgIpc) is 2.99. The first-order valence-corrected chi connectivity index (χ1v) is 8.35. The van der Waals surface area contributed by atoms with Gasteiger partial charge in [-0.15, -0.1) is 5.10 Å². The van der Waals surface area contributed by atoms with Gasteiger partial charge in [0.05, 0.1) is 5.69 Å². The molecule has 0 saturated heterocycles. The third kappa shape index (κ3) is 4.04. The summed E-state index contributed by atoms with van der Waals surface area (Å²) in [5.41, 5.74) is 0.997. The second kappa shape index (κ2) is 8.14. The molecular formula is C15H23N5S. The van der Waals surface area contributed by atoms with Gasteiger partial charge in [-0.05, 0) is 42.4 Å². The summed E-state index contributed by atoms with van der Waals surface area (Å²) in [5, 5.41) is 16.9. The van der Waals surface area contributed by atoms with Crippen LogP contribution in [0.5, 0.6) is 0 Å². The van der Waals surface area contributed by atoms with E-state index in [9.17, 15) is 0 Å². The number of benzene rings is 1. The Balaban J connectivity index is 2.17. The Labute approximate surface area is 130 Å². The van der Waals surface area contributed by atoms with E-state index in [2.05, 4.69) is 34.7 Å². The summed E-state index contributed by atoms with van der Waals surface area (Å²) >= 11 is 1.75. The van der Waals surface area contributed by atoms with Gasteiger partial charge in [0.1, 0.15) is 0 Å². The summed E-state index contributed by atoms with van der Waals surface area (Å²) in [7, 11) is 2.03. The van der Waals surface area contributed by atoms with Crippen molar-refractivity contribution in [1.82, 2.24) is 25.5 Å². The largest absolute Gasteiger partial charge is 0.316 e. The monoisotopic (exact) mass is 305 g/mol. The van der Waals surface area contributed by atoms with Crippen LogP contribution in [0.3, 0.4) is 0 Å². The van der Waals surface area contributed by atoms with Gasteiger partial charge in [-0.3, -0.25) is 0 Å². The van der Waals surface area contributed by atoms with Crippen molar-refractivity contribution in [3.63, 3.8) is 0 Å². The highest BCUT2D eigenvalue weighted by molar-refractivity contribution is 7.99. The average molecular weight is 305 g/mol. The van der Waals surface area contributed by atoms with Gasteiger partial charge < -0.3 is 5.32 Å². The second-order valence-corrected chi connectivity index (χ2v) is 6.16. The van der Waals surface area contributed by atoms with Gasteiger partial charge in [0, 0.05) is 11.3 Å². The van der Waals surface area contributed by atoms with Gasteiger partial charge >= 0.3 is 0 Å². The Morgan fingerprint density at radius 2 is 2.00 bits per heavy atom. The number of para-hydroxylation sites is 1. The van der Waals surface area contributed by atoms with Crippen molar-refractivity contribution < 1.29 is 0 Å². The maximum atomic E-state index is 4.19. The number of nitrogens with one attached hydrogen (secondary N) is 1. The van der Waals surface area contributed by atoms with E-state index in [1.165, 1.54) is 6.42 Å². The topological polar surface area (TPSA) is 55.6 Å². The zero-order valence-corrected chi connectivity index (χ0v) is 13.7. The van der Waals surface area contributed by atoms with E-state index in [0.29, 0.717) is 11.3 Å². The van der Waals surface area contributed by atoms with E-state index in [0.717, 1.165) is 23.7 Å². The fraction of sp³-hybridized carbons (Fsp3) is 0.533. The molecule has 1 N–H and O–H groups in total. The molecular weight excluding hydrogens is 282 g/mol. The van der Waals surface area contributed by atoms with Gasteiger partial charge in [0.25, 0.3) is 0 Å². The number of tetrazole rings is 1. The van der Waals surface area contributed by atoms with Gasteiger partial charge in [-0.1, -0.05) is 50.2 Å². The predicted molar refractivity (Wildman–Crippen MR) is 86.8 cm³/mol. The number of hydrogen-bond acceptors (Lipinski definition) is 5. The minimum Gasteiger partial charge on any atom is -0.316 e. The van der Waals surface area contributed by atoms with Crippen LogP contribution in [0.4, 0.5) is 0 Å². The van der Waals surface area contributed by atoms with E-state index in [-0.39, 0.29) is 0 Å². The maximum Gasteiger partial charge on any atom is 0.214 e. The molecule has 5 nitrogen and oxygen atoms in total. The number of nitrogens with zero attached hydrogens (tertiary/aromatic N) is 4. The van der Waals surface area contributed by atoms with Crippen LogP contribution in [-0.2, 0) is 0 Å². The molecule has 0 aliphatic heterocycles. The highest BCUT2D eigenvalue weighted by Crippen LogP contribution is 2.28. The van der Waals surface area contributed by atoms with E-state index in [1.54, 1.807) is 11.8 Å². The van der Waals surface area contributed by atoms with Crippen LogP contribution in [0.15, 0.2) is 35.5 Å². The number of aromatic nitrogens is 4. The van der Waals surface area contributed by atoms with Crippen molar-refractivity contribution in [2.75, 3.05) is 7.05 Å². The van der Waals surface area contributed by atoms with Gasteiger partial charge in [0.2, 0.25) is 5.16 Å². The molecule has 0 radical (unpaired) electrons. The van der Waals surface area contributed by atoms with E-state index in [1.807, 2.05) is 42.1 Å². The third-order valence-electron chi connectivity index (χ3n) is 3.52. The lowest BCUT2D eigenvalue weighted by Crippen LogP contribution is -2.35. The molecule has 0 spiro atoms. The molecule has 2 aromatic rings. The zero-order valence-electron chi connectivity index (χ0n) is 12.9. The first-order valence-electron chi connectivity index (χ1n) is 7.47. The van der Waals surface area contributed by atoms with Crippen molar-refractivity contribution in [3.05, 3.63) is 30.3 Å². The van der Waals surface area contributed by atoms with Gasteiger partial charge in [-0.25, -0.2) is 0 Å². The van der Waals surface area contributed by atoms with Crippen LogP contribution >= 0.6 is 11.8 Å². The van der Waals surface area contributed by atoms with Crippen LogP contribution in [0.2, 0.25) is 0 Å². The Morgan fingerprint density at radius 1 is 1.24 bits per heavy atom. The van der Waals surface area contributed by atoms with Gasteiger partial charge in [0.15, 0.2) is 0 Å². The normalized spacial score (nSPS) is 14.0. The highest BCUT2D eigenvalue weighted by atomic mass is 32.2. The van der Waals surface area contributed by atoms with Crippen molar-refractivity contribution in [2.45, 2.75) is 49.6 Å². The molecule has 0 fully saturated rings. The molecule has 6 heteroatoms. The van der Waals surface area contributed by atoms with Crippen LogP contribution in [0, 0.1) is 0 Å². The van der Waals surface area contributed by atoms with Crippen LogP contribution in [-0.4, -0.2) is 38.5 Å². The summed E-state index contributed by atoms with van der Waals surface area (Å²) in [4.78, 5) is 0. The standard InChI is InChI=1S/C15H23N5S/c1-4-9-13(16-3)14(5-2)21-15-17-18-19-20(15)12-10-7-6-8-11-12/h6-8,10-11,13-14,16H,4-5,9H2,1-3H3. The summed E-state index contributed by atoms with van der Waals surface area (Å²) in [6.07, 6.45) is 3.42. The lowest BCUT2D eigenvalue weighted by molar-refractivity contribution is 0.489. The fourth-order valence-electron chi connectivity index (χ4n) is 2.40. The minimum atomic E-state index is 0.461. The van der Waals surface area contributed by atoms with E-state index < -0.39 is 0 Å². The summed E-state index contributed by atoms with van der Waals surface area (Å²) < 4.78 is 1.81. The first-order chi connectivity index (χ1) is 10.3. The smallest absolute Gasteiger partial charge is 0.214 e. The van der Waals surface area contributed by atoms with Crippen molar-refractivity contribution in [2.24, 2.45) is 0 Å². The Bertz CT molecular complexity index is 528. The van der Waals surface area contributed by atoms with Crippen LogP contribution in [0.25, 0.3) is 5.69 Å². The maximum absolute atomic E-state index is 4.19. The molecule has 2 unspecified atom stereocenters. The second-order valence-electron chi connectivity index (χ2n) is 4.96. The number of thioether (sulfide) groups is 1. The molecule has 0 saturated carbocycles. The molecule has 0 aliphatic carbocycles. The number of rotatable bonds is 8. The molecule has 114 valence electrons. The molecule has 0 bridgehead atoms. The van der Waals surface area contributed by atoms with Crippen molar-refractivity contribution in [3.8, 4) is 5.69 Å². The van der Waals surface area contributed by atoms with Crippen LogP contribution < -0.4 is 5.32 Å². The van der Waals surface area contributed by atoms with Crippen molar-refractivity contribution in [1.29, 1.82) is 0 Å².